The van der Waals surface area contributed by atoms with Gasteiger partial charge in [0, 0.05) is 12.0 Å². The molecule has 0 atom stereocenters. The summed E-state index contributed by atoms with van der Waals surface area (Å²) >= 11 is 1.36. The normalized spacial score (nSPS) is 12.4. The van der Waals surface area contributed by atoms with Gasteiger partial charge in [0.15, 0.2) is 0 Å². The molecule has 1 aromatic carbocycles. The number of benzene rings is 1. The van der Waals surface area contributed by atoms with Crippen LogP contribution in [0.5, 0.6) is 0 Å². The second-order valence-corrected chi connectivity index (χ2v) is 5.36. The van der Waals surface area contributed by atoms with E-state index in [1.807, 2.05) is 24.3 Å². The summed E-state index contributed by atoms with van der Waals surface area (Å²) in [7, 11) is 1.57. The summed E-state index contributed by atoms with van der Waals surface area (Å²) in [5.41, 5.74) is 0.0881. The van der Waals surface area contributed by atoms with Gasteiger partial charge in [-0.3, -0.25) is 14.3 Å². The Morgan fingerprint density at radius 2 is 2.10 bits per heavy atom. The van der Waals surface area contributed by atoms with E-state index in [1.54, 1.807) is 7.11 Å². The van der Waals surface area contributed by atoms with Crippen LogP contribution >= 0.6 is 11.8 Å². The molecule has 2 aromatic rings. The number of aromatic nitrogens is 2. The van der Waals surface area contributed by atoms with Crippen LogP contribution in [-0.2, 0) is 11.3 Å². The van der Waals surface area contributed by atoms with Gasteiger partial charge < -0.3 is 10.1 Å². The fourth-order valence-corrected chi connectivity index (χ4v) is 3.06. The first kappa shape index (κ1) is 13.0. The maximum absolute atomic E-state index is 12.0. The molecule has 0 aliphatic carbocycles. The molecule has 2 N–H and O–H groups in total. The van der Waals surface area contributed by atoms with Gasteiger partial charge in [0.2, 0.25) is 0 Å². The molecule has 0 saturated carbocycles. The van der Waals surface area contributed by atoms with Crippen molar-refractivity contribution in [3.8, 4) is 0 Å². The number of nitrogens with one attached hydrogen (secondary N) is 2. The highest BCUT2D eigenvalue weighted by atomic mass is 32.2. The average molecular weight is 291 g/mol. The molecule has 3 rings (SSSR count). The Morgan fingerprint density at radius 1 is 1.30 bits per heavy atom. The predicted octanol–water partition coefficient (Wildman–Crippen LogP) is 1.39. The van der Waals surface area contributed by atoms with Crippen molar-refractivity contribution in [2.24, 2.45) is 0 Å². The molecule has 20 heavy (non-hydrogen) atoms. The van der Waals surface area contributed by atoms with E-state index in [1.165, 1.54) is 16.3 Å². The summed E-state index contributed by atoms with van der Waals surface area (Å²) < 4.78 is 6.49. The van der Waals surface area contributed by atoms with Crippen LogP contribution in [0.1, 0.15) is 0 Å². The molecular weight excluding hydrogens is 278 g/mol. The van der Waals surface area contributed by atoms with Gasteiger partial charge in [-0.2, -0.15) is 0 Å². The van der Waals surface area contributed by atoms with Crippen molar-refractivity contribution in [3.05, 3.63) is 45.1 Å². The van der Waals surface area contributed by atoms with Gasteiger partial charge in [0.1, 0.15) is 10.7 Å². The monoisotopic (exact) mass is 291 g/mol. The second-order valence-electron chi connectivity index (χ2n) is 4.30. The van der Waals surface area contributed by atoms with Crippen molar-refractivity contribution >= 4 is 23.3 Å². The lowest BCUT2D eigenvalue weighted by Gasteiger charge is -2.22. The topological polar surface area (TPSA) is 76.1 Å². The molecule has 7 heteroatoms. The lowest BCUT2D eigenvalue weighted by molar-refractivity contribution is 0.186. The number of nitrogens with zero attached hydrogens (tertiary/aromatic N) is 1. The number of hydrogen-bond donors (Lipinski definition) is 2. The fraction of sp³-hybridized carbons (Fsp3) is 0.231. The third-order valence-electron chi connectivity index (χ3n) is 3.03. The molecule has 0 fully saturated rings. The summed E-state index contributed by atoms with van der Waals surface area (Å²) in [6, 6.07) is 7.66. The molecule has 0 saturated heterocycles. The fourth-order valence-electron chi connectivity index (χ4n) is 2.06. The largest absolute Gasteiger partial charge is 0.383 e. The van der Waals surface area contributed by atoms with Crippen LogP contribution in [0.2, 0.25) is 0 Å². The first-order valence-corrected chi connectivity index (χ1v) is 6.92. The van der Waals surface area contributed by atoms with Crippen molar-refractivity contribution in [2.75, 3.05) is 19.0 Å². The van der Waals surface area contributed by atoms with Gasteiger partial charge in [-0.25, -0.2) is 4.79 Å². The number of H-pyrrole nitrogens is 1. The number of hydrogen-bond acceptors (Lipinski definition) is 5. The number of para-hydroxylation sites is 1. The molecule has 104 valence electrons. The van der Waals surface area contributed by atoms with Crippen LogP contribution in [0.25, 0.3) is 0 Å². The third kappa shape index (κ3) is 2.14. The van der Waals surface area contributed by atoms with Crippen LogP contribution in [0.3, 0.4) is 0 Å². The molecule has 1 aliphatic rings. The van der Waals surface area contributed by atoms with Gasteiger partial charge in [-0.15, -0.1) is 0 Å². The summed E-state index contributed by atoms with van der Waals surface area (Å²) in [4.78, 5) is 27.7. The second kappa shape index (κ2) is 5.18. The molecule has 0 amide bonds. The first-order chi connectivity index (χ1) is 9.70. The highest BCUT2D eigenvalue weighted by molar-refractivity contribution is 7.99. The summed E-state index contributed by atoms with van der Waals surface area (Å²) in [6.07, 6.45) is 0. The van der Waals surface area contributed by atoms with E-state index in [9.17, 15) is 9.59 Å². The lowest BCUT2D eigenvalue weighted by atomic mass is 10.3. The number of methoxy groups -OCH3 is 1. The number of aromatic amines is 1. The van der Waals surface area contributed by atoms with Crippen molar-refractivity contribution in [3.63, 3.8) is 0 Å². The Kier molecular flexibility index (Phi) is 3.37. The SMILES string of the molecule is COCCn1c2c(c(=O)[nH]c1=O)Sc1ccccc1N2. The molecule has 6 nitrogen and oxygen atoms in total. The van der Waals surface area contributed by atoms with E-state index in [2.05, 4.69) is 10.3 Å². The predicted molar refractivity (Wildman–Crippen MR) is 77.0 cm³/mol. The zero-order valence-corrected chi connectivity index (χ0v) is 11.6. The summed E-state index contributed by atoms with van der Waals surface area (Å²) in [5, 5.41) is 3.17. The van der Waals surface area contributed by atoms with Crippen molar-refractivity contribution in [1.82, 2.24) is 9.55 Å². The van der Waals surface area contributed by atoms with Crippen molar-refractivity contribution < 1.29 is 4.74 Å². The van der Waals surface area contributed by atoms with Crippen LogP contribution in [-0.4, -0.2) is 23.3 Å². The quantitative estimate of drug-likeness (QED) is 0.762. The summed E-state index contributed by atoms with van der Waals surface area (Å²) in [6.45, 7) is 0.774. The molecule has 1 aliphatic heterocycles. The Hall–Kier alpha value is -1.99. The number of fused-ring (bicyclic) bond motifs is 2. The minimum absolute atomic E-state index is 0.370. The average Bonchev–Trinajstić information content (AvgIpc) is 2.45. The minimum atomic E-state index is -0.432. The van der Waals surface area contributed by atoms with Gasteiger partial charge in [-0.1, -0.05) is 23.9 Å². The Balaban J connectivity index is 2.14. The lowest BCUT2D eigenvalue weighted by Crippen LogP contribution is -2.34. The molecule has 2 heterocycles. The zero-order chi connectivity index (χ0) is 14.1. The number of rotatable bonds is 3. The summed E-state index contributed by atoms with van der Waals surface area (Å²) in [5.74, 6) is 0.527. The van der Waals surface area contributed by atoms with E-state index in [0.29, 0.717) is 23.9 Å². The van der Waals surface area contributed by atoms with E-state index >= 15 is 0 Å². The maximum Gasteiger partial charge on any atom is 0.330 e. The molecule has 0 unspecified atom stereocenters. The smallest absolute Gasteiger partial charge is 0.330 e. The molecular formula is C13H13N3O3S. The number of ether oxygens (including phenoxy) is 1. The molecule has 0 bridgehead atoms. The zero-order valence-electron chi connectivity index (χ0n) is 10.8. The van der Waals surface area contributed by atoms with Gasteiger partial charge >= 0.3 is 5.69 Å². The van der Waals surface area contributed by atoms with E-state index < -0.39 is 5.69 Å². The highest BCUT2D eigenvalue weighted by Crippen LogP contribution is 2.41. The van der Waals surface area contributed by atoms with Crippen LogP contribution < -0.4 is 16.6 Å². The first-order valence-electron chi connectivity index (χ1n) is 6.10. The number of anilines is 2. The van der Waals surface area contributed by atoms with Crippen LogP contribution in [0, 0.1) is 0 Å². The Labute approximate surface area is 118 Å². The minimum Gasteiger partial charge on any atom is -0.383 e. The maximum atomic E-state index is 12.0. The molecule has 1 aromatic heterocycles. The Bertz CT molecular complexity index is 766. The van der Waals surface area contributed by atoms with E-state index in [-0.39, 0.29) is 5.56 Å². The molecule has 0 spiro atoms. The van der Waals surface area contributed by atoms with Crippen molar-refractivity contribution in [1.29, 1.82) is 0 Å². The molecule has 0 radical (unpaired) electrons. The van der Waals surface area contributed by atoms with E-state index in [4.69, 9.17) is 4.74 Å². The van der Waals surface area contributed by atoms with E-state index in [0.717, 1.165) is 10.6 Å². The van der Waals surface area contributed by atoms with Crippen LogP contribution in [0.4, 0.5) is 11.5 Å². The van der Waals surface area contributed by atoms with Gasteiger partial charge in [-0.05, 0) is 12.1 Å². The van der Waals surface area contributed by atoms with Crippen molar-refractivity contribution in [2.45, 2.75) is 16.3 Å². The highest BCUT2D eigenvalue weighted by Gasteiger charge is 2.22. The van der Waals surface area contributed by atoms with Gasteiger partial charge in [0.25, 0.3) is 5.56 Å². The van der Waals surface area contributed by atoms with Crippen LogP contribution in [0.15, 0.2) is 43.6 Å². The standard InChI is InChI=1S/C13H13N3O3S/c1-19-7-6-16-11-10(12(17)15-13(16)18)20-9-5-3-2-4-8(9)14-11/h2-5,14H,6-7H2,1H3,(H,15,17,18). The third-order valence-corrected chi connectivity index (χ3v) is 4.19. The van der Waals surface area contributed by atoms with Gasteiger partial charge in [0.05, 0.1) is 18.8 Å². The Morgan fingerprint density at radius 3 is 2.90 bits per heavy atom.